The topological polar surface area (TPSA) is 36.7 Å². The monoisotopic (exact) mass is 242 g/mol. The summed E-state index contributed by atoms with van der Waals surface area (Å²) in [6.45, 7) is 6.34. The SMILES string of the molecule is Cc1cc(C)c(-c2nc(CC#N)cs2)cc1C. The van der Waals surface area contributed by atoms with E-state index in [1.807, 2.05) is 5.38 Å². The highest BCUT2D eigenvalue weighted by Gasteiger charge is 2.08. The number of benzene rings is 1. The van der Waals surface area contributed by atoms with Crippen molar-refractivity contribution in [2.75, 3.05) is 0 Å². The molecule has 0 amide bonds. The van der Waals surface area contributed by atoms with Crippen molar-refractivity contribution in [2.45, 2.75) is 27.2 Å². The summed E-state index contributed by atoms with van der Waals surface area (Å²) in [5.74, 6) is 0. The van der Waals surface area contributed by atoms with E-state index in [1.54, 1.807) is 11.3 Å². The van der Waals surface area contributed by atoms with Crippen molar-refractivity contribution in [3.8, 4) is 16.6 Å². The fourth-order valence-corrected chi connectivity index (χ4v) is 2.68. The number of nitriles is 1. The molecule has 0 unspecified atom stereocenters. The van der Waals surface area contributed by atoms with Crippen LogP contribution < -0.4 is 0 Å². The fourth-order valence-electron chi connectivity index (χ4n) is 1.78. The average molecular weight is 242 g/mol. The third-order valence-electron chi connectivity index (χ3n) is 2.88. The highest BCUT2D eigenvalue weighted by molar-refractivity contribution is 7.13. The molecule has 86 valence electrons. The lowest BCUT2D eigenvalue weighted by Crippen LogP contribution is -1.89. The molecule has 0 aliphatic carbocycles. The van der Waals surface area contributed by atoms with Gasteiger partial charge in [0, 0.05) is 10.9 Å². The Kier molecular flexibility index (Phi) is 3.26. The van der Waals surface area contributed by atoms with Gasteiger partial charge in [-0.25, -0.2) is 4.98 Å². The summed E-state index contributed by atoms with van der Waals surface area (Å²) in [7, 11) is 0. The van der Waals surface area contributed by atoms with E-state index in [4.69, 9.17) is 5.26 Å². The lowest BCUT2D eigenvalue weighted by Gasteiger charge is -2.07. The summed E-state index contributed by atoms with van der Waals surface area (Å²) < 4.78 is 0. The van der Waals surface area contributed by atoms with Gasteiger partial charge >= 0.3 is 0 Å². The molecule has 1 heterocycles. The van der Waals surface area contributed by atoms with E-state index in [2.05, 4.69) is 44.0 Å². The minimum atomic E-state index is 0.389. The zero-order chi connectivity index (χ0) is 12.4. The van der Waals surface area contributed by atoms with E-state index in [0.29, 0.717) is 6.42 Å². The molecule has 0 N–H and O–H groups in total. The first-order chi connectivity index (χ1) is 8.11. The van der Waals surface area contributed by atoms with E-state index < -0.39 is 0 Å². The summed E-state index contributed by atoms with van der Waals surface area (Å²) in [5.41, 5.74) is 5.88. The maximum absolute atomic E-state index is 8.65. The third-order valence-corrected chi connectivity index (χ3v) is 3.81. The molecule has 2 aromatic rings. The molecule has 0 spiro atoms. The van der Waals surface area contributed by atoms with Crippen molar-refractivity contribution in [3.63, 3.8) is 0 Å². The number of hydrogen-bond donors (Lipinski definition) is 0. The van der Waals surface area contributed by atoms with Crippen LogP contribution in [0.15, 0.2) is 17.5 Å². The standard InChI is InChI=1S/C14H14N2S/c1-9-6-11(3)13(7-10(9)2)14-16-12(4-5-15)8-17-14/h6-8H,4H2,1-3H3. The lowest BCUT2D eigenvalue weighted by atomic mass is 10.0. The molecule has 0 aliphatic heterocycles. The van der Waals surface area contributed by atoms with Crippen molar-refractivity contribution >= 4 is 11.3 Å². The Morgan fingerprint density at radius 3 is 2.59 bits per heavy atom. The van der Waals surface area contributed by atoms with Crippen molar-refractivity contribution in [3.05, 3.63) is 39.9 Å². The van der Waals surface area contributed by atoms with Gasteiger partial charge in [-0.05, 0) is 43.5 Å². The van der Waals surface area contributed by atoms with Gasteiger partial charge in [-0.2, -0.15) is 5.26 Å². The molecule has 3 heteroatoms. The largest absolute Gasteiger partial charge is 0.240 e. The van der Waals surface area contributed by atoms with Crippen LogP contribution in [-0.4, -0.2) is 4.98 Å². The van der Waals surface area contributed by atoms with Crippen LogP contribution in [0.25, 0.3) is 10.6 Å². The van der Waals surface area contributed by atoms with Crippen LogP contribution in [0.5, 0.6) is 0 Å². The molecular formula is C14H14N2S. The van der Waals surface area contributed by atoms with Crippen LogP contribution >= 0.6 is 11.3 Å². The van der Waals surface area contributed by atoms with Crippen molar-refractivity contribution in [1.82, 2.24) is 4.98 Å². The molecule has 0 saturated heterocycles. The summed E-state index contributed by atoms with van der Waals surface area (Å²) in [5, 5.41) is 11.6. The Hall–Kier alpha value is -1.66. The Morgan fingerprint density at radius 2 is 1.88 bits per heavy atom. The first kappa shape index (κ1) is 11.8. The third kappa shape index (κ3) is 2.37. The maximum Gasteiger partial charge on any atom is 0.123 e. The summed E-state index contributed by atoms with van der Waals surface area (Å²) >= 11 is 1.61. The first-order valence-corrected chi connectivity index (χ1v) is 6.39. The number of aromatic nitrogens is 1. The Bertz CT molecular complexity index is 591. The van der Waals surface area contributed by atoms with Gasteiger partial charge in [0.15, 0.2) is 0 Å². The zero-order valence-corrected chi connectivity index (χ0v) is 11.1. The van der Waals surface area contributed by atoms with E-state index in [9.17, 15) is 0 Å². The van der Waals surface area contributed by atoms with Gasteiger partial charge in [0.2, 0.25) is 0 Å². The summed E-state index contributed by atoms with van der Waals surface area (Å²) in [6.07, 6.45) is 0.389. The van der Waals surface area contributed by atoms with Crippen LogP contribution in [0.4, 0.5) is 0 Å². The summed E-state index contributed by atoms with van der Waals surface area (Å²) in [4.78, 5) is 4.50. The number of nitrogens with zero attached hydrogens (tertiary/aromatic N) is 2. The van der Waals surface area contributed by atoms with E-state index in [0.717, 1.165) is 10.7 Å². The van der Waals surface area contributed by atoms with Crippen molar-refractivity contribution in [1.29, 1.82) is 5.26 Å². The van der Waals surface area contributed by atoms with Gasteiger partial charge < -0.3 is 0 Å². The van der Waals surface area contributed by atoms with Gasteiger partial charge in [0.1, 0.15) is 5.01 Å². The number of thiazole rings is 1. The van der Waals surface area contributed by atoms with Crippen LogP contribution in [0.1, 0.15) is 22.4 Å². The maximum atomic E-state index is 8.65. The van der Waals surface area contributed by atoms with Crippen LogP contribution in [0.3, 0.4) is 0 Å². The molecule has 0 bridgehead atoms. The minimum Gasteiger partial charge on any atom is -0.240 e. The number of rotatable bonds is 2. The predicted molar refractivity (Wildman–Crippen MR) is 71.1 cm³/mol. The lowest BCUT2D eigenvalue weighted by molar-refractivity contribution is 1.15. The second-order valence-corrected chi connectivity index (χ2v) is 5.09. The van der Waals surface area contributed by atoms with Gasteiger partial charge in [0.05, 0.1) is 18.2 Å². The Labute approximate surface area is 106 Å². The molecule has 0 aliphatic rings. The van der Waals surface area contributed by atoms with Crippen LogP contribution in [0.2, 0.25) is 0 Å². The van der Waals surface area contributed by atoms with Crippen molar-refractivity contribution < 1.29 is 0 Å². The molecule has 0 saturated carbocycles. The van der Waals surface area contributed by atoms with Crippen molar-refractivity contribution in [2.24, 2.45) is 0 Å². The molecule has 2 nitrogen and oxygen atoms in total. The highest BCUT2D eigenvalue weighted by Crippen LogP contribution is 2.29. The molecule has 1 aromatic carbocycles. The van der Waals surface area contributed by atoms with E-state index in [-0.39, 0.29) is 0 Å². The Morgan fingerprint density at radius 1 is 1.18 bits per heavy atom. The average Bonchev–Trinajstić information content (AvgIpc) is 2.72. The van der Waals surface area contributed by atoms with E-state index in [1.165, 1.54) is 22.3 Å². The molecular weight excluding hydrogens is 228 g/mol. The first-order valence-electron chi connectivity index (χ1n) is 5.51. The fraction of sp³-hybridized carbons (Fsp3) is 0.286. The molecule has 1 aromatic heterocycles. The number of aryl methyl sites for hydroxylation is 3. The smallest absolute Gasteiger partial charge is 0.123 e. The minimum absolute atomic E-state index is 0.389. The highest BCUT2D eigenvalue weighted by atomic mass is 32.1. The van der Waals surface area contributed by atoms with E-state index >= 15 is 0 Å². The van der Waals surface area contributed by atoms with Gasteiger partial charge in [-0.1, -0.05) is 6.07 Å². The second-order valence-electron chi connectivity index (χ2n) is 4.23. The van der Waals surface area contributed by atoms with Gasteiger partial charge in [-0.3, -0.25) is 0 Å². The summed E-state index contributed by atoms with van der Waals surface area (Å²) in [6, 6.07) is 6.50. The zero-order valence-electron chi connectivity index (χ0n) is 10.2. The predicted octanol–water partition coefficient (Wildman–Crippen LogP) is 3.80. The number of hydrogen-bond acceptors (Lipinski definition) is 3. The van der Waals surface area contributed by atoms with Crippen LogP contribution in [0, 0.1) is 32.1 Å². The molecule has 0 fully saturated rings. The van der Waals surface area contributed by atoms with Crippen LogP contribution in [-0.2, 0) is 6.42 Å². The molecule has 0 atom stereocenters. The molecule has 2 rings (SSSR count). The van der Waals surface area contributed by atoms with Gasteiger partial charge in [-0.15, -0.1) is 11.3 Å². The molecule has 17 heavy (non-hydrogen) atoms. The normalized spacial score (nSPS) is 10.2. The Balaban J connectivity index is 2.46. The quantitative estimate of drug-likeness (QED) is 0.803. The van der Waals surface area contributed by atoms with Gasteiger partial charge in [0.25, 0.3) is 0 Å². The molecule has 0 radical (unpaired) electrons. The second kappa shape index (κ2) is 4.68.